The van der Waals surface area contributed by atoms with Crippen molar-refractivity contribution in [1.82, 2.24) is 0 Å². The van der Waals surface area contributed by atoms with Crippen LogP contribution in [0.5, 0.6) is 11.5 Å². The topological polar surface area (TPSA) is 95.8 Å². The second-order valence-corrected chi connectivity index (χ2v) is 7.76. The summed E-state index contributed by atoms with van der Waals surface area (Å²) in [5.41, 5.74) is 1.30. The number of ether oxygens (including phenoxy) is 4. The van der Waals surface area contributed by atoms with Crippen LogP contribution in [-0.2, 0) is 19.1 Å². The van der Waals surface area contributed by atoms with E-state index < -0.39 is 22.7 Å². The van der Waals surface area contributed by atoms with Crippen molar-refractivity contribution in [3.8, 4) is 11.5 Å². The molecule has 172 valence electrons. The first kappa shape index (κ1) is 25.4. The van der Waals surface area contributed by atoms with Crippen molar-refractivity contribution >= 4 is 46.5 Å². The monoisotopic (exact) mass is 482 g/mol. The third-order valence-electron chi connectivity index (χ3n) is 3.80. The van der Waals surface area contributed by atoms with Gasteiger partial charge in [-0.05, 0) is 62.4 Å². The van der Waals surface area contributed by atoms with Crippen molar-refractivity contribution in [2.24, 2.45) is 10.2 Å². The summed E-state index contributed by atoms with van der Waals surface area (Å²) in [4.78, 5) is 22.5. The number of carbonyl (C=O) groups is 2. The van der Waals surface area contributed by atoms with Gasteiger partial charge in [0, 0.05) is 0 Å². The highest BCUT2D eigenvalue weighted by Crippen LogP contribution is 2.23. The van der Waals surface area contributed by atoms with E-state index >= 15 is 0 Å². The number of carbonyl (C=O) groups excluding carboxylic acids is 2. The summed E-state index contributed by atoms with van der Waals surface area (Å²) in [5, 5.41) is 6.98. The molecule has 0 aliphatic carbocycles. The zero-order chi connectivity index (χ0) is 23.3. The zero-order valence-electron chi connectivity index (χ0n) is 17.7. The summed E-state index contributed by atoms with van der Waals surface area (Å²) >= 11 is 11.2. The van der Waals surface area contributed by atoms with Gasteiger partial charge in [-0.3, -0.25) is 9.59 Å². The predicted molar refractivity (Wildman–Crippen MR) is 121 cm³/mol. The van der Waals surface area contributed by atoms with E-state index in [4.69, 9.17) is 42.1 Å². The number of nitrogens with zero attached hydrogens (tertiary/aromatic N) is 2. The van der Waals surface area contributed by atoms with Crippen LogP contribution in [0, 0.1) is 0 Å². The highest BCUT2D eigenvalue weighted by molar-refractivity contribution is 6.29. The smallest absolute Gasteiger partial charge is 0.323 e. The Balaban J connectivity index is 1.73. The SMILES string of the molecule is CC(Cl)C(=O)OCCOc1ccc(N=Nc2ccc(OCCOC(=O)C(C)Cl)cc2)cc1. The highest BCUT2D eigenvalue weighted by atomic mass is 35.5. The van der Waals surface area contributed by atoms with Gasteiger partial charge in [0.05, 0.1) is 11.4 Å². The van der Waals surface area contributed by atoms with E-state index in [-0.39, 0.29) is 26.4 Å². The van der Waals surface area contributed by atoms with Crippen molar-refractivity contribution in [2.75, 3.05) is 26.4 Å². The van der Waals surface area contributed by atoms with E-state index in [0.717, 1.165) is 0 Å². The van der Waals surface area contributed by atoms with Crippen molar-refractivity contribution in [3.63, 3.8) is 0 Å². The van der Waals surface area contributed by atoms with Crippen LogP contribution in [0.3, 0.4) is 0 Å². The Morgan fingerprint density at radius 2 is 1.03 bits per heavy atom. The Hall–Kier alpha value is -2.84. The van der Waals surface area contributed by atoms with Crippen LogP contribution in [-0.4, -0.2) is 49.1 Å². The molecule has 0 heterocycles. The first-order chi connectivity index (χ1) is 15.3. The van der Waals surface area contributed by atoms with Crippen molar-refractivity contribution in [3.05, 3.63) is 48.5 Å². The lowest BCUT2D eigenvalue weighted by Gasteiger charge is -2.08. The second kappa shape index (κ2) is 13.5. The van der Waals surface area contributed by atoms with Crippen LogP contribution < -0.4 is 9.47 Å². The van der Waals surface area contributed by atoms with Crippen LogP contribution in [0.1, 0.15) is 13.8 Å². The van der Waals surface area contributed by atoms with Crippen molar-refractivity contribution in [2.45, 2.75) is 24.6 Å². The summed E-state index contributed by atoms with van der Waals surface area (Å²) in [6, 6.07) is 14.0. The maximum atomic E-state index is 11.2. The molecule has 32 heavy (non-hydrogen) atoms. The molecule has 10 heteroatoms. The average molecular weight is 483 g/mol. The summed E-state index contributed by atoms with van der Waals surface area (Å²) in [5.74, 6) is 0.277. The summed E-state index contributed by atoms with van der Waals surface area (Å²) in [7, 11) is 0. The van der Waals surface area contributed by atoms with Gasteiger partial charge in [0.15, 0.2) is 0 Å². The first-order valence-corrected chi connectivity index (χ1v) is 10.7. The second-order valence-electron chi connectivity index (χ2n) is 6.45. The van der Waals surface area contributed by atoms with Gasteiger partial charge >= 0.3 is 11.9 Å². The molecule has 2 rings (SSSR count). The fraction of sp³-hybridized carbons (Fsp3) is 0.364. The summed E-state index contributed by atoms with van der Waals surface area (Å²) in [6.07, 6.45) is 0. The average Bonchev–Trinajstić information content (AvgIpc) is 2.79. The Morgan fingerprint density at radius 3 is 1.34 bits per heavy atom. The van der Waals surface area contributed by atoms with E-state index in [1.54, 1.807) is 62.4 Å². The molecule has 0 amide bonds. The largest absolute Gasteiger partial charge is 0.490 e. The Bertz CT molecular complexity index is 813. The molecule has 2 unspecified atom stereocenters. The number of benzene rings is 2. The fourth-order valence-electron chi connectivity index (χ4n) is 2.17. The van der Waals surface area contributed by atoms with E-state index in [1.807, 2.05) is 0 Å². The van der Waals surface area contributed by atoms with E-state index in [1.165, 1.54) is 0 Å². The van der Waals surface area contributed by atoms with Crippen molar-refractivity contribution < 1.29 is 28.5 Å². The third kappa shape index (κ3) is 9.53. The number of rotatable bonds is 12. The summed E-state index contributed by atoms with van der Waals surface area (Å²) < 4.78 is 20.8. The van der Waals surface area contributed by atoms with E-state index in [2.05, 4.69) is 10.2 Å². The van der Waals surface area contributed by atoms with E-state index in [9.17, 15) is 9.59 Å². The minimum absolute atomic E-state index is 0.120. The first-order valence-electron chi connectivity index (χ1n) is 9.84. The minimum Gasteiger partial charge on any atom is -0.490 e. The van der Waals surface area contributed by atoms with Gasteiger partial charge < -0.3 is 18.9 Å². The quantitative estimate of drug-likeness (QED) is 0.178. The van der Waals surface area contributed by atoms with Gasteiger partial charge in [0.25, 0.3) is 0 Å². The molecule has 0 fully saturated rings. The molecule has 0 aliphatic rings. The molecule has 8 nitrogen and oxygen atoms in total. The molecule has 0 aliphatic heterocycles. The lowest BCUT2D eigenvalue weighted by molar-refractivity contribution is -0.144. The highest BCUT2D eigenvalue weighted by Gasteiger charge is 2.10. The van der Waals surface area contributed by atoms with Gasteiger partial charge in [0.1, 0.15) is 48.7 Å². The Kier molecular flexibility index (Phi) is 10.8. The van der Waals surface area contributed by atoms with Crippen LogP contribution in [0.4, 0.5) is 11.4 Å². The molecule has 0 aromatic heterocycles. The van der Waals surface area contributed by atoms with Gasteiger partial charge in [-0.1, -0.05) is 0 Å². The molecular formula is C22H24Cl2N2O6. The lowest BCUT2D eigenvalue weighted by Crippen LogP contribution is -2.18. The molecule has 0 N–H and O–H groups in total. The molecule has 0 saturated heterocycles. The van der Waals surface area contributed by atoms with Crippen molar-refractivity contribution in [1.29, 1.82) is 0 Å². The summed E-state index contributed by atoms with van der Waals surface area (Å²) in [6.45, 7) is 3.78. The maximum Gasteiger partial charge on any atom is 0.323 e. The molecule has 0 bridgehead atoms. The fourth-order valence-corrected chi connectivity index (χ4v) is 2.29. The van der Waals surface area contributed by atoms with E-state index in [0.29, 0.717) is 22.9 Å². The predicted octanol–water partition coefficient (Wildman–Crippen LogP) is 5.20. The normalized spacial score (nSPS) is 12.8. The van der Waals surface area contributed by atoms with Gasteiger partial charge in [-0.15, -0.1) is 23.2 Å². The molecule has 2 aromatic carbocycles. The van der Waals surface area contributed by atoms with Gasteiger partial charge in [0.2, 0.25) is 0 Å². The third-order valence-corrected chi connectivity index (χ3v) is 4.15. The van der Waals surface area contributed by atoms with Crippen LogP contribution in [0.2, 0.25) is 0 Å². The number of hydrogen-bond acceptors (Lipinski definition) is 8. The number of hydrogen-bond donors (Lipinski definition) is 0. The number of alkyl halides is 2. The van der Waals surface area contributed by atoms with Crippen LogP contribution in [0.15, 0.2) is 58.8 Å². The van der Waals surface area contributed by atoms with Crippen LogP contribution in [0.25, 0.3) is 0 Å². The maximum absolute atomic E-state index is 11.2. The molecule has 2 atom stereocenters. The molecule has 0 spiro atoms. The Morgan fingerprint density at radius 1 is 0.688 bits per heavy atom. The lowest BCUT2D eigenvalue weighted by atomic mass is 10.3. The molecule has 2 aromatic rings. The van der Waals surface area contributed by atoms with Gasteiger partial charge in [-0.2, -0.15) is 10.2 Å². The standard InChI is InChI=1S/C22H24Cl2N2O6/c1-15(23)21(27)31-13-11-29-19-7-3-17(4-8-19)25-26-18-5-9-20(10-6-18)30-12-14-32-22(28)16(2)24/h3-10,15-16H,11-14H2,1-2H3. The molecule has 0 radical (unpaired) electrons. The number of esters is 2. The number of halogens is 2. The van der Waals surface area contributed by atoms with Crippen LogP contribution >= 0.6 is 23.2 Å². The minimum atomic E-state index is -0.680. The number of azo groups is 1. The Labute approximate surface area is 196 Å². The van der Waals surface area contributed by atoms with Gasteiger partial charge in [-0.25, -0.2) is 0 Å². The zero-order valence-corrected chi connectivity index (χ0v) is 19.2. The molecular weight excluding hydrogens is 459 g/mol. The molecule has 0 saturated carbocycles.